The number of H-pyrrole nitrogens is 1. The number of aromatic nitrogens is 2. The largest absolute Gasteiger partial charge is 0.323 e. The summed E-state index contributed by atoms with van der Waals surface area (Å²) in [5.74, 6) is -5.29. The van der Waals surface area contributed by atoms with E-state index in [0.717, 1.165) is 24.2 Å². The summed E-state index contributed by atoms with van der Waals surface area (Å²) < 4.78 is 39.4. The monoisotopic (exact) mass is 357 g/mol. The molecular weight excluding hydrogens is 343 g/mol. The van der Waals surface area contributed by atoms with E-state index in [9.17, 15) is 22.8 Å². The molecule has 128 valence electrons. The molecule has 1 amide bonds. The van der Waals surface area contributed by atoms with Crippen LogP contribution in [0.25, 0.3) is 0 Å². The summed E-state index contributed by atoms with van der Waals surface area (Å²) in [7, 11) is 0. The molecule has 2 rings (SSSR count). The zero-order valence-corrected chi connectivity index (χ0v) is 13.5. The number of halogens is 3. The van der Waals surface area contributed by atoms with Crippen molar-refractivity contribution in [1.29, 1.82) is 0 Å². The fourth-order valence-corrected chi connectivity index (χ4v) is 2.57. The smallest absolute Gasteiger partial charge is 0.251 e. The number of hydrogen-bond donors (Lipinski definition) is 2. The molecule has 1 aromatic heterocycles. The number of amides is 1. The molecular formula is C15H14F3N3O2S. The van der Waals surface area contributed by atoms with E-state index in [1.165, 1.54) is 6.07 Å². The van der Waals surface area contributed by atoms with Crippen molar-refractivity contribution in [2.24, 2.45) is 0 Å². The molecule has 0 aliphatic heterocycles. The number of carbonyl (C=O) groups is 1. The third-order valence-corrected chi connectivity index (χ3v) is 3.80. The van der Waals surface area contributed by atoms with Gasteiger partial charge in [-0.1, -0.05) is 25.1 Å². The molecule has 5 nitrogen and oxygen atoms in total. The Kier molecular flexibility index (Phi) is 6.02. The van der Waals surface area contributed by atoms with Gasteiger partial charge >= 0.3 is 0 Å². The van der Waals surface area contributed by atoms with E-state index in [0.29, 0.717) is 18.2 Å². The van der Waals surface area contributed by atoms with Gasteiger partial charge in [-0.2, -0.15) is 0 Å². The van der Waals surface area contributed by atoms with Crippen LogP contribution in [-0.2, 0) is 11.2 Å². The molecule has 0 saturated heterocycles. The van der Waals surface area contributed by atoms with Crippen LogP contribution in [0.4, 0.5) is 18.9 Å². The van der Waals surface area contributed by atoms with Crippen molar-refractivity contribution in [2.45, 2.75) is 24.9 Å². The number of rotatable bonds is 6. The quantitative estimate of drug-likeness (QED) is 0.474. The molecule has 2 N–H and O–H groups in total. The van der Waals surface area contributed by atoms with Crippen LogP contribution in [0.15, 0.2) is 28.2 Å². The second-order valence-electron chi connectivity index (χ2n) is 4.85. The number of nitrogens with one attached hydrogen (secondary N) is 2. The van der Waals surface area contributed by atoms with E-state index in [-0.39, 0.29) is 16.5 Å². The summed E-state index contributed by atoms with van der Waals surface area (Å²) in [4.78, 5) is 30.0. The molecule has 0 bridgehead atoms. The Morgan fingerprint density at radius 2 is 2.04 bits per heavy atom. The maximum absolute atomic E-state index is 13.5. The van der Waals surface area contributed by atoms with E-state index in [1.807, 2.05) is 6.92 Å². The first kappa shape index (κ1) is 18.1. The van der Waals surface area contributed by atoms with Crippen molar-refractivity contribution in [3.63, 3.8) is 0 Å². The second-order valence-corrected chi connectivity index (χ2v) is 5.82. The Morgan fingerprint density at radius 1 is 1.29 bits per heavy atom. The van der Waals surface area contributed by atoms with Gasteiger partial charge < -0.3 is 10.3 Å². The summed E-state index contributed by atoms with van der Waals surface area (Å²) in [6.45, 7) is 1.94. The van der Waals surface area contributed by atoms with Crippen LogP contribution in [0.2, 0.25) is 0 Å². The van der Waals surface area contributed by atoms with Gasteiger partial charge in [0.1, 0.15) is 0 Å². The SMILES string of the molecule is CCCc1cc(=O)[nH]c(SCC(=O)Nc2ccc(F)c(F)c2F)n1. The fourth-order valence-electron chi connectivity index (χ4n) is 1.88. The van der Waals surface area contributed by atoms with E-state index in [2.05, 4.69) is 15.3 Å². The third-order valence-electron chi connectivity index (χ3n) is 2.93. The molecule has 0 spiro atoms. The van der Waals surface area contributed by atoms with E-state index < -0.39 is 29.0 Å². The van der Waals surface area contributed by atoms with Gasteiger partial charge in [0.15, 0.2) is 22.6 Å². The summed E-state index contributed by atoms with van der Waals surface area (Å²) >= 11 is 0.946. The predicted molar refractivity (Wildman–Crippen MR) is 84.5 cm³/mol. The standard InChI is InChI=1S/C15H14F3N3O2S/c1-2-3-8-6-11(22)21-15(19-8)24-7-12(23)20-10-5-4-9(16)13(17)14(10)18/h4-6H,2-3,7H2,1H3,(H,20,23)(H,19,21,22). The normalized spacial score (nSPS) is 10.7. The molecule has 0 saturated carbocycles. The Bertz CT molecular complexity index is 811. The average molecular weight is 357 g/mol. The van der Waals surface area contributed by atoms with Crippen LogP contribution in [0.1, 0.15) is 19.0 Å². The minimum Gasteiger partial charge on any atom is -0.323 e. The van der Waals surface area contributed by atoms with Crippen LogP contribution >= 0.6 is 11.8 Å². The van der Waals surface area contributed by atoms with Crippen molar-refractivity contribution in [1.82, 2.24) is 9.97 Å². The van der Waals surface area contributed by atoms with Crippen LogP contribution in [0.3, 0.4) is 0 Å². The number of hydrogen-bond acceptors (Lipinski definition) is 4. The van der Waals surface area contributed by atoms with Crippen LogP contribution in [-0.4, -0.2) is 21.6 Å². The topological polar surface area (TPSA) is 74.8 Å². The number of carbonyl (C=O) groups excluding carboxylic acids is 1. The maximum Gasteiger partial charge on any atom is 0.251 e. The number of aromatic amines is 1. The van der Waals surface area contributed by atoms with E-state index in [1.54, 1.807) is 0 Å². The lowest BCUT2D eigenvalue weighted by atomic mass is 10.2. The molecule has 0 fully saturated rings. The Labute approximate surface area is 139 Å². The highest BCUT2D eigenvalue weighted by atomic mass is 32.2. The van der Waals surface area contributed by atoms with Gasteiger partial charge in [0, 0.05) is 11.8 Å². The highest BCUT2D eigenvalue weighted by molar-refractivity contribution is 7.99. The van der Waals surface area contributed by atoms with E-state index in [4.69, 9.17) is 0 Å². The molecule has 2 aromatic rings. The lowest BCUT2D eigenvalue weighted by Crippen LogP contribution is -2.17. The molecule has 9 heteroatoms. The van der Waals surface area contributed by atoms with Crippen LogP contribution in [0, 0.1) is 17.5 Å². The Hall–Kier alpha value is -2.29. The molecule has 1 aromatic carbocycles. The molecule has 0 unspecified atom stereocenters. The van der Waals surface area contributed by atoms with Gasteiger partial charge in [-0.05, 0) is 18.6 Å². The molecule has 0 atom stereocenters. The molecule has 1 heterocycles. The van der Waals surface area contributed by atoms with Gasteiger partial charge in [0.05, 0.1) is 11.4 Å². The lowest BCUT2D eigenvalue weighted by Gasteiger charge is -2.07. The first-order valence-corrected chi connectivity index (χ1v) is 8.05. The fraction of sp³-hybridized carbons (Fsp3) is 0.267. The Balaban J connectivity index is 2.01. The number of benzene rings is 1. The van der Waals surface area contributed by atoms with E-state index >= 15 is 0 Å². The van der Waals surface area contributed by atoms with Gasteiger partial charge in [-0.3, -0.25) is 9.59 Å². The lowest BCUT2D eigenvalue weighted by molar-refractivity contribution is -0.113. The third kappa shape index (κ3) is 4.60. The van der Waals surface area contributed by atoms with Gasteiger partial charge in [-0.15, -0.1) is 0 Å². The Morgan fingerprint density at radius 3 is 2.75 bits per heavy atom. The van der Waals surface area contributed by atoms with Crippen molar-refractivity contribution in [3.8, 4) is 0 Å². The summed E-state index contributed by atoms with van der Waals surface area (Å²) in [6, 6.07) is 3.02. The van der Waals surface area contributed by atoms with Crippen molar-refractivity contribution >= 4 is 23.4 Å². The minimum atomic E-state index is -1.65. The minimum absolute atomic E-state index is 0.184. The zero-order chi connectivity index (χ0) is 17.7. The maximum atomic E-state index is 13.5. The summed E-state index contributed by atoms with van der Waals surface area (Å²) in [6.07, 6.45) is 1.44. The molecule has 24 heavy (non-hydrogen) atoms. The van der Waals surface area contributed by atoms with Crippen molar-refractivity contribution in [2.75, 3.05) is 11.1 Å². The molecule has 0 radical (unpaired) electrons. The number of nitrogens with zero attached hydrogens (tertiary/aromatic N) is 1. The first-order valence-electron chi connectivity index (χ1n) is 7.07. The van der Waals surface area contributed by atoms with Crippen molar-refractivity contribution < 1.29 is 18.0 Å². The second kappa shape index (κ2) is 8.00. The highest BCUT2D eigenvalue weighted by Crippen LogP contribution is 2.20. The number of aryl methyl sites for hydroxylation is 1. The molecule has 0 aliphatic rings. The van der Waals surface area contributed by atoms with Gasteiger partial charge in [0.2, 0.25) is 5.91 Å². The number of anilines is 1. The number of thioether (sulfide) groups is 1. The van der Waals surface area contributed by atoms with Crippen LogP contribution in [0.5, 0.6) is 0 Å². The summed E-state index contributed by atoms with van der Waals surface area (Å²) in [5.41, 5.74) is -0.181. The average Bonchev–Trinajstić information content (AvgIpc) is 2.53. The summed E-state index contributed by atoms with van der Waals surface area (Å²) in [5, 5.41) is 2.40. The first-order chi connectivity index (χ1) is 11.4. The van der Waals surface area contributed by atoms with Crippen molar-refractivity contribution in [3.05, 3.63) is 51.7 Å². The zero-order valence-electron chi connectivity index (χ0n) is 12.7. The predicted octanol–water partition coefficient (Wildman–Crippen LogP) is 2.87. The highest BCUT2D eigenvalue weighted by Gasteiger charge is 2.15. The van der Waals surface area contributed by atoms with Gasteiger partial charge in [0.25, 0.3) is 5.56 Å². The molecule has 0 aliphatic carbocycles. The van der Waals surface area contributed by atoms with Crippen LogP contribution < -0.4 is 10.9 Å². The van der Waals surface area contributed by atoms with Gasteiger partial charge in [-0.25, -0.2) is 18.2 Å².